The zero-order valence-electron chi connectivity index (χ0n) is 10.3. The van der Waals surface area contributed by atoms with Crippen molar-refractivity contribution in [2.45, 2.75) is 0 Å². The third kappa shape index (κ3) is 794. The molecule has 0 aliphatic rings. The molecule has 0 radical (unpaired) electrons. The van der Waals surface area contributed by atoms with Gasteiger partial charge in [-0.15, -0.1) is 0 Å². The van der Waals surface area contributed by atoms with E-state index < -0.39 is 93.1 Å². The summed E-state index contributed by atoms with van der Waals surface area (Å²) in [6.45, 7) is 0. The molecular weight excluding hydrogens is 769 g/mol. The second-order valence-corrected chi connectivity index (χ2v) is 5.15. The quantitative estimate of drug-likeness (QED) is 0.207. The van der Waals surface area contributed by atoms with Gasteiger partial charge < -0.3 is 0 Å². The average Bonchev–Trinajstić information content (AvgIpc) is 1.94. The van der Waals surface area contributed by atoms with Gasteiger partial charge in [-0.3, -0.25) is 0 Å². The van der Waals surface area contributed by atoms with Crippen LogP contribution in [-0.4, -0.2) is 0 Å². The van der Waals surface area contributed by atoms with Gasteiger partial charge in [0.1, 0.15) is 0 Å². The molecule has 0 heterocycles. The molecule has 0 aromatic rings. The van der Waals surface area contributed by atoms with Crippen molar-refractivity contribution in [1.29, 1.82) is 0 Å². The fourth-order valence-electron chi connectivity index (χ4n) is 0. The molecule has 0 N–H and O–H groups in total. The first kappa shape index (κ1) is 56.7. The van der Waals surface area contributed by atoms with Crippen LogP contribution in [0.25, 0.3) is 0 Å². The molecule has 0 saturated heterocycles. The molecule has 0 bridgehead atoms. The summed E-state index contributed by atoms with van der Waals surface area (Å²) in [6.07, 6.45) is 0. The molecule has 0 fully saturated rings. The summed E-state index contributed by atoms with van der Waals surface area (Å²) in [5.41, 5.74) is 0. The normalized spacial score (nSPS) is 5.42. The molecule has 0 saturated carbocycles. The van der Waals surface area contributed by atoms with Crippen molar-refractivity contribution in [3.05, 3.63) is 0 Å². The van der Waals surface area contributed by atoms with Crippen LogP contribution in [0.3, 0.4) is 0 Å². The monoisotopic (exact) mass is 769 g/mol. The Morgan fingerprint density at radius 1 is 0.333 bits per heavy atom. The summed E-state index contributed by atoms with van der Waals surface area (Å²) < 4.78 is 129. The van der Waals surface area contributed by atoms with E-state index in [-0.39, 0.29) is 79.5 Å². The van der Waals surface area contributed by atoms with E-state index in [1.807, 2.05) is 0 Å². The van der Waals surface area contributed by atoms with Gasteiger partial charge in [0, 0.05) is 34.7 Å². The summed E-state index contributed by atoms with van der Waals surface area (Å²) in [6, 6.07) is 0. The van der Waals surface area contributed by atoms with E-state index in [1.165, 1.54) is 0 Å². The molecule has 15 nitrogen and oxygen atoms in total. The van der Waals surface area contributed by atoms with Crippen LogP contribution >= 0.6 is 0 Å². The van der Waals surface area contributed by atoms with Crippen molar-refractivity contribution in [1.82, 2.24) is 0 Å². The Labute approximate surface area is 221 Å². The number of hydrogen-bond acceptors (Lipinski definition) is 15. The summed E-state index contributed by atoms with van der Waals surface area (Å²) in [4.78, 5) is 0. The molecule has 0 unspecified atom stereocenters. The standard InChI is InChI=1S/2Cr.2Nb.15O.5Ti/q;;2*+5;;;;;;10*-1;;;;;. The van der Waals surface area contributed by atoms with Crippen LogP contribution in [0.5, 0.6) is 0 Å². The van der Waals surface area contributed by atoms with Crippen LogP contribution < -0.4 is 36.9 Å². The minimum absolute atomic E-state index is 0. The van der Waals surface area contributed by atoms with Gasteiger partial charge in [0.05, 0.1) is 0 Å². The molecule has 0 aromatic carbocycles. The van der Waals surface area contributed by atoms with Gasteiger partial charge in [-0.05, 0) is 0 Å². The molecule has 24 heteroatoms. The van der Waals surface area contributed by atoms with E-state index in [2.05, 4.69) is 0 Å². The molecular formula is Cr2Nb2O15Ti5. The Bertz CT molecular complexity index is 221. The van der Waals surface area contributed by atoms with Crippen LogP contribution in [0.15, 0.2) is 0 Å². The van der Waals surface area contributed by atoms with Crippen molar-refractivity contribution in [3.8, 4) is 0 Å². The van der Waals surface area contributed by atoms with Crippen LogP contribution in [0.4, 0.5) is 0 Å². The molecule has 0 aromatic heterocycles. The van der Waals surface area contributed by atoms with Gasteiger partial charge >= 0.3 is 191 Å². The molecule has 24 heavy (non-hydrogen) atoms. The summed E-state index contributed by atoms with van der Waals surface area (Å²) in [5.74, 6) is 0. The van der Waals surface area contributed by atoms with Crippen LogP contribution in [-0.2, 0) is 189 Å². The summed E-state index contributed by atoms with van der Waals surface area (Å²) in [5, 5.41) is 0. The summed E-state index contributed by atoms with van der Waals surface area (Å²) in [7, 11) is 0. The second kappa shape index (κ2) is 50.9. The Balaban J connectivity index is -0.0000000161. The molecule has 132 valence electrons. The first-order valence-corrected chi connectivity index (χ1v) is 12.6. The van der Waals surface area contributed by atoms with Crippen molar-refractivity contribution >= 4 is 0 Å². The molecule has 0 spiro atoms. The van der Waals surface area contributed by atoms with Crippen LogP contribution in [0.1, 0.15) is 0 Å². The Kier molecular flexibility index (Phi) is 120. The van der Waals surface area contributed by atoms with Crippen LogP contribution in [0, 0.1) is 0 Å². The van der Waals surface area contributed by atoms with Gasteiger partial charge in [-0.2, -0.15) is 0 Å². The molecule has 0 aliphatic heterocycles. The van der Waals surface area contributed by atoms with E-state index in [0.29, 0.717) is 0 Å². The number of rotatable bonds is 0. The molecule has 0 amide bonds. The maximum absolute atomic E-state index is 8.58. The average molecular weight is 769 g/mol. The number of hydrogen-bond donors (Lipinski definition) is 0. The Morgan fingerprint density at radius 2 is 0.333 bits per heavy atom. The van der Waals surface area contributed by atoms with E-state index >= 15 is 0 Å². The second-order valence-electron chi connectivity index (χ2n) is 1.25. The van der Waals surface area contributed by atoms with Crippen molar-refractivity contribution in [2.75, 3.05) is 0 Å². The Hall–Kier alpha value is 4.72. The first-order valence-electron chi connectivity index (χ1n) is 3.06. The van der Waals surface area contributed by atoms with Crippen molar-refractivity contribution < 1.29 is 226 Å². The molecule has 0 rings (SSSR count). The van der Waals surface area contributed by atoms with Gasteiger partial charge in [-0.25, -0.2) is 0 Å². The van der Waals surface area contributed by atoms with Gasteiger partial charge in [0.2, 0.25) is 0 Å². The first-order chi connectivity index (χ1) is 8.66. The van der Waals surface area contributed by atoms with Gasteiger partial charge in [0.25, 0.3) is 0 Å². The zero-order valence-corrected chi connectivity index (χ0v) is 25.1. The maximum atomic E-state index is 8.58. The predicted octanol–water partition coefficient (Wildman–Crippen LogP) is -12.5. The minimum atomic E-state index is -4.08. The predicted molar refractivity (Wildman–Crippen MR) is 3.43 cm³/mol. The third-order valence-corrected chi connectivity index (χ3v) is 0. The fourth-order valence-corrected chi connectivity index (χ4v) is 0. The third-order valence-electron chi connectivity index (χ3n) is 0. The van der Waals surface area contributed by atoms with Gasteiger partial charge in [-0.1, -0.05) is 0 Å². The summed E-state index contributed by atoms with van der Waals surface area (Å²) >= 11 is -20.4. The van der Waals surface area contributed by atoms with Crippen LogP contribution in [0.2, 0.25) is 0 Å². The fraction of sp³-hybridized carbons (Fsp3) is 0. The van der Waals surface area contributed by atoms with E-state index in [0.717, 1.165) is 0 Å². The van der Waals surface area contributed by atoms with Crippen molar-refractivity contribution in [2.24, 2.45) is 0 Å². The SMILES string of the molecule is [Cr].[Cr].[Nb+5].[Nb+5].[O]=[Ti]([O-])[O-].[O]=[Ti]([O-])[O-].[O]=[Ti]([O-])[O-].[O]=[Ti]([O-])[O-].[O]=[Ti]([O-])[O-]. The van der Waals surface area contributed by atoms with Gasteiger partial charge in [0.15, 0.2) is 0 Å². The molecule has 0 atom stereocenters. The Morgan fingerprint density at radius 3 is 0.333 bits per heavy atom. The van der Waals surface area contributed by atoms with Crippen molar-refractivity contribution in [3.63, 3.8) is 0 Å². The molecule has 0 aliphatic carbocycles. The van der Waals surface area contributed by atoms with E-state index in [9.17, 15) is 0 Å². The van der Waals surface area contributed by atoms with E-state index in [4.69, 9.17) is 53.5 Å². The topological polar surface area (TPSA) is 316 Å². The zero-order chi connectivity index (χ0) is 17.9. The van der Waals surface area contributed by atoms with E-state index in [1.54, 1.807) is 0 Å².